The highest BCUT2D eigenvalue weighted by Gasteiger charge is 2.32. The molecule has 2 fully saturated rings. The Morgan fingerprint density at radius 3 is 1.77 bits per heavy atom. The van der Waals surface area contributed by atoms with Crippen LogP contribution in [0.25, 0.3) is 0 Å². The maximum atomic E-state index is 2.75. The van der Waals surface area contributed by atoms with Gasteiger partial charge in [-0.05, 0) is 80.3 Å². The molecule has 2 aliphatic rings. The van der Waals surface area contributed by atoms with Crippen LogP contribution in [0.4, 0.5) is 0 Å². The van der Waals surface area contributed by atoms with E-state index in [9.17, 15) is 0 Å². The normalized spacial score (nSPS) is 28.2. The first-order chi connectivity index (χ1) is 10.1. The first kappa shape index (κ1) is 18.2. The van der Waals surface area contributed by atoms with Crippen LogP contribution in [-0.2, 0) is 0 Å². The maximum absolute atomic E-state index is 2.75. The van der Waals surface area contributed by atoms with Crippen molar-refractivity contribution >= 4 is 0 Å². The molecule has 0 bridgehead atoms. The van der Waals surface area contributed by atoms with Crippen LogP contribution >= 0.6 is 0 Å². The van der Waals surface area contributed by atoms with E-state index >= 15 is 0 Å². The number of piperazine rings is 1. The van der Waals surface area contributed by atoms with Gasteiger partial charge in [0.05, 0.1) is 0 Å². The van der Waals surface area contributed by atoms with Crippen molar-refractivity contribution in [2.75, 3.05) is 39.3 Å². The van der Waals surface area contributed by atoms with Gasteiger partial charge in [0, 0.05) is 43.3 Å². The summed E-state index contributed by atoms with van der Waals surface area (Å²) >= 11 is 0. The molecule has 0 aliphatic carbocycles. The molecule has 2 saturated heterocycles. The van der Waals surface area contributed by atoms with E-state index < -0.39 is 0 Å². The minimum atomic E-state index is 0.318. The molecule has 3 heteroatoms. The molecule has 0 aromatic heterocycles. The van der Waals surface area contributed by atoms with Gasteiger partial charge in [-0.2, -0.15) is 0 Å². The summed E-state index contributed by atoms with van der Waals surface area (Å²) in [7, 11) is 0. The summed E-state index contributed by atoms with van der Waals surface area (Å²) in [5.41, 5.74) is 0.662. The molecule has 1 atom stereocenters. The summed E-state index contributed by atoms with van der Waals surface area (Å²) in [6.45, 7) is 24.1. The van der Waals surface area contributed by atoms with Crippen LogP contribution in [0.2, 0.25) is 0 Å². The summed E-state index contributed by atoms with van der Waals surface area (Å²) < 4.78 is 0. The van der Waals surface area contributed by atoms with Gasteiger partial charge in [0.2, 0.25) is 0 Å². The fraction of sp³-hybridized carbons (Fsp3) is 1.00. The summed E-state index contributed by atoms with van der Waals surface area (Å²) in [6, 6.07) is 0.702. The summed E-state index contributed by atoms with van der Waals surface area (Å²) in [4.78, 5) is 8.06. The lowest BCUT2D eigenvalue weighted by atomic mass is 9.92. The first-order valence-corrected chi connectivity index (χ1v) is 9.31. The predicted molar refractivity (Wildman–Crippen MR) is 96.4 cm³/mol. The smallest absolute Gasteiger partial charge is 0.0195 e. The van der Waals surface area contributed by atoms with E-state index in [-0.39, 0.29) is 0 Å². The van der Waals surface area contributed by atoms with Crippen molar-refractivity contribution in [3.63, 3.8) is 0 Å². The Labute approximate surface area is 139 Å². The average molecular weight is 310 g/mol. The number of nitrogens with zero attached hydrogens (tertiary/aromatic N) is 3. The number of hydrogen-bond acceptors (Lipinski definition) is 3. The van der Waals surface area contributed by atoms with Crippen molar-refractivity contribution in [1.29, 1.82) is 0 Å². The molecule has 0 N–H and O–H groups in total. The van der Waals surface area contributed by atoms with Crippen LogP contribution in [0, 0.1) is 5.92 Å². The van der Waals surface area contributed by atoms with Gasteiger partial charge in [-0.1, -0.05) is 0 Å². The van der Waals surface area contributed by atoms with Crippen LogP contribution in [0.5, 0.6) is 0 Å². The van der Waals surface area contributed by atoms with Crippen molar-refractivity contribution in [3.8, 4) is 0 Å². The molecule has 0 radical (unpaired) electrons. The average Bonchev–Trinajstić information content (AvgIpc) is 2.39. The van der Waals surface area contributed by atoms with Gasteiger partial charge in [0.15, 0.2) is 0 Å². The number of piperidine rings is 1. The SMILES string of the molecule is C[C@H]1CN(C(C)(C)C)CCN1CC1CCN(C(C)(C)C)CC1. The molecular formula is C19H39N3. The van der Waals surface area contributed by atoms with Crippen LogP contribution < -0.4 is 0 Å². The minimum absolute atomic E-state index is 0.318. The highest BCUT2D eigenvalue weighted by atomic mass is 15.3. The Morgan fingerprint density at radius 2 is 1.32 bits per heavy atom. The third-order valence-electron chi connectivity index (χ3n) is 5.77. The Morgan fingerprint density at radius 1 is 0.773 bits per heavy atom. The number of rotatable bonds is 2. The van der Waals surface area contributed by atoms with Gasteiger partial charge in [-0.3, -0.25) is 14.7 Å². The molecule has 0 unspecified atom stereocenters. The third kappa shape index (κ3) is 4.69. The van der Waals surface area contributed by atoms with E-state index in [1.807, 2.05) is 0 Å². The maximum Gasteiger partial charge on any atom is 0.0195 e. The quantitative estimate of drug-likeness (QED) is 0.775. The van der Waals surface area contributed by atoms with E-state index in [1.54, 1.807) is 0 Å². The number of likely N-dealkylation sites (tertiary alicyclic amines) is 1. The lowest BCUT2D eigenvalue weighted by molar-refractivity contribution is 0.00985. The summed E-state index contributed by atoms with van der Waals surface area (Å²) in [6.07, 6.45) is 2.76. The number of hydrogen-bond donors (Lipinski definition) is 0. The molecule has 22 heavy (non-hydrogen) atoms. The second-order valence-electron chi connectivity index (χ2n) is 9.56. The van der Waals surface area contributed by atoms with Crippen molar-refractivity contribution in [3.05, 3.63) is 0 Å². The van der Waals surface area contributed by atoms with Gasteiger partial charge in [-0.15, -0.1) is 0 Å². The molecular weight excluding hydrogens is 270 g/mol. The molecule has 0 spiro atoms. The van der Waals surface area contributed by atoms with E-state index in [0.29, 0.717) is 17.1 Å². The molecule has 130 valence electrons. The van der Waals surface area contributed by atoms with Crippen molar-refractivity contribution in [2.45, 2.75) is 78.4 Å². The van der Waals surface area contributed by atoms with Crippen molar-refractivity contribution < 1.29 is 0 Å². The predicted octanol–water partition coefficient (Wildman–Crippen LogP) is 3.30. The standard InChI is InChI=1S/C19H39N3/c1-16-14-22(19(5,6)7)13-12-20(16)15-17-8-10-21(11-9-17)18(2,3)4/h16-17H,8-15H2,1-7H3/t16-/m0/s1. The van der Waals surface area contributed by atoms with Gasteiger partial charge in [0.25, 0.3) is 0 Å². The Kier molecular flexibility index (Phi) is 5.62. The molecule has 3 nitrogen and oxygen atoms in total. The molecule has 0 saturated carbocycles. The zero-order valence-corrected chi connectivity index (χ0v) is 16.2. The summed E-state index contributed by atoms with van der Waals surface area (Å²) in [5.74, 6) is 0.905. The zero-order valence-electron chi connectivity index (χ0n) is 16.2. The van der Waals surface area contributed by atoms with E-state index in [2.05, 4.69) is 63.2 Å². The molecule has 2 rings (SSSR count). The largest absolute Gasteiger partial charge is 0.298 e. The third-order valence-corrected chi connectivity index (χ3v) is 5.77. The fourth-order valence-corrected chi connectivity index (χ4v) is 3.99. The minimum Gasteiger partial charge on any atom is -0.298 e. The van der Waals surface area contributed by atoms with Crippen molar-refractivity contribution in [1.82, 2.24) is 14.7 Å². The van der Waals surface area contributed by atoms with Crippen LogP contribution in [0.15, 0.2) is 0 Å². The van der Waals surface area contributed by atoms with E-state index in [1.165, 1.54) is 52.1 Å². The van der Waals surface area contributed by atoms with Gasteiger partial charge in [0.1, 0.15) is 0 Å². The summed E-state index contributed by atoms with van der Waals surface area (Å²) in [5, 5.41) is 0. The lowest BCUT2D eigenvalue weighted by Crippen LogP contribution is -2.58. The van der Waals surface area contributed by atoms with Crippen LogP contribution in [0.1, 0.15) is 61.3 Å². The van der Waals surface area contributed by atoms with Crippen LogP contribution in [-0.4, -0.2) is 71.1 Å². The fourth-order valence-electron chi connectivity index (χ4n) is 3.99. The topological polar surface area (TPSA) is 9.72 Å². The molecule has 2 aliphatic heterocycles. The Balaban J connectivity index is 1.79. The molecule has 0 aromatic rings. The monoisotopic (exact) mass is 309 g/mol. The molecule has 2 heterocycles. The first-order valence-electron chi connectivity index (χ1n) is 9.31. The van der Waals surface area contributed by atoms with Crippen LogP contribution in [0.3, 0.4) is 0 Å². The van der Waals surface area contributed by atoms with Gasteiger partial charge >= 0.3 is 0 Å². The highest BCUT2D eigenvalue weighted by Crippen LogP contribution is 2.26. The lowest BCUT2D eigenvalue weighted by Gasteiger charge is -2.47. The second kappa shape index (κ2) is 6.78. The van der Waals surface area contributed by atoms with Gasteiger partial charge < -0.3 is 0 Å². The second-order valence-corrected chi connectivity index (χ2v) is 9.56. The molecule has 0 aromatic carbocycles. The van der Waals surface area contributed by atoms with Gasteiger partial charge in [-0.25, -0.2) is 0 Å². The Hall–Kier alpha value is -0.120. The van der Waals surface area contributed by atoms with E-state index in [0.717, 1.165) is 5.92 Å². The van der Waals surface area contributed by atoms with E-state index in [4.69, 9.17) is 0 Å². The van der Waals surface area contributed by atoms with Crippen molar-refractivity contribution in [2.24, 2.45) is 5.92 Å². The molecule has 0 amide bonds. The highest BCUT2D eigenvalue weighted by molar-refractivity contribution is 4.88. The Bertz CT molecular complexity index is 345. The zero-order chi connectivity index (χ0) is 16.5.